The molecule has 0 aliphatic heterocycles. The van der Waals surface area contributed by atoms with E-state index >= 15 is 0 Å². The van der Waals surface area contributed by atoms with E-state index in [9.17, 15) is 19.8 Å². The first-order chi connectivity index (χ1) is 6.88. The van der Waals surface area contributed by atoms with Crippen LogP contribution < -0.4 is 10.2 Å². The van der Waals surface area contributed by atoms with Gasteiger partial charge in [0.1, 0.15) is 12.2 Å². The van der Waals surface area contributed by atoms with Crippen molar-refractivity contribution < 1.29 is 34.8 Å². The van der Waals surface area contributed by atoms with Crippen LogP contribution in [0.25, 0.3) is 0 Å². The highest BCUT2D eigenvalue weighted by Gasteiger charge is 2.17. The van der Waals surface area contributed by atoms with Crippen molar-refractivity contribution in [3.8, 4) is 0 Å². The summed E-state index contributed by atoms with van der Waals surface area (Å²) in [7, 11) is 0. The van der Waals surface area contributed by atoms with Gasteiger partial charge in [-0.25, -0.2) is 0 Å². The third-order valence-electron chi connectivity index (χ3n) is 1.19. The van der Waals surface area contributed by atoms with Crippen molar-refractivity contribution in [2.45, 2.75) is 26.1 Å². The molecule has 0 aromatic rings. The molecular formula is C8H14O7-2. The summed E-state index contributed by atoms with van der Waals surface area (Å²) in [5.74, 6) is -4.12. The van der Waals surface area contributed by atoms with E-state index in [2.05, 4.69) is 0 Å². The molecule has 90 valence electrons. The molecule has 0 rings (SSSR count). The molecule has 0 amide bonds. The summed E-state index contributed by atoms with van der Waals surface area (Å²) in [4.78, 5) is 19.3. The summed E-state index contributed by atoms with van der Waals surface area (Å²) >= 11 is 0. The van der Waals surface area contributed by atoms with Crippen LogP contribution in [0.4, 0.5) is 0 Å². The largest absolute Gasteiger partial charge is 0.547 e. The average molecular weight is 222 g/mol. The van der Waals surface area contributed by atoms with E-state index in [0.717, 1.165) is 13.2 Å². The summed E-state index contributed by atoms with van der Waals surface area (Å²) in [6, 6.07) is 0. The summed E-state index contributed by atoms with van der Waals surface area (Å²) in [5.41, 5.74) is 0. The zero-order valence-corrected chi connectivity index (χ0v) is 8.50. The number of aliphatic hydroxyl groups excluding tert-OH is 2. The van der Waals surface area contributed by atoms with Crippen molar-refractivity contribution in [1.29, 1.82) is 0 Å². The predicted molar refractivity (Wildman–Crippen MR) is 44.2 cm³/mol. The Balaban J connectivity index is 0. The SMILES string of the molecule is CCOCC.O=C([O-])C(O)C(O)C(=O)[O-]. The van der Waals surface area contributed by atoms with Crippen molar-refractivity contribution in [3.05, 3.63) is 0 Å². The third-order valence-corrected chi connectivity index (χ3v) is 1.19. The Morgan fingerprint density at radius 2 is 1.33 bits per heavy atom. The fourth-order valence-corrected chi connectivity index (χ4v) is 0.462. The molecule has 7 heteroatoms. The van der Waals surface area contributed by atoms with E-state index in [-0.39, 0.29) is 0 Å². The van der Waals surface area contributed by atoms with Gasteiger partial charge in [-0.15, -0.1) is 0 Å². The summed E-state index contributed by atoms with van der Waals surface area (Å²) in [6.45, 7) is 5.67. The summed E-state index contributed by atoms with van der Waals surface area (Å²) in [5, 5.41) is 35.7. The average Bonchev–Trinajstić information content (AvgIpc) is 2.17. The monoisotopic (exact) mass is 222 g/mol. The van der Waals surface area contributed by atoms with Gasteiger partial charge in [0.15, 0.2) is 0 Å². The standard InChI is InChI=1S/C4H6O6.C4H10O/c5-1(3(7)8)2(6)4(9)10;1-3-5-4-2/h1-2,5-6H,(H,7,8)(H,9,10);3-4H2,1-2H3/p-2. The molecule has 0 radical (unpaired) electrons. The van der Waals surface area contributed by atoms with Crippen molar-refractivity contribution in [2.24, 2.45) is 0 Å². The highest BCUT2D eigenvalue weighted by atomic mass is 16.5. The maximum atomic E-state index is 9.63. The maximum absolute atomic E-state index is 9.63. The fourth-order valence-electron chi connectivity index (χ4n) is 0.462. The lowest BCUT2D eigenvalue weighted by Crippen LogP contribution is -2.51. The van der Waals surface area contributed by atoms with E-state index in [1.54, 1.807) is 0 Å². The molecule has 15 heavy (non-hydrogen) atoms. The smallest absolute Gasteiger partial charge is 0.124 e. The van der Waals surface area contributed by atoms with Gasteiger partial charge in [-0.05, 0) is 13.8 Å². The summed E-state index contributed by atoms with van der Waals surface area (Å²) < 4.78 is 4.83. The van der Waals surface area contributed by atoms with E-state index in [1.165, 1.54) is 0 Å². The van der Waals surface area contributed by atoms with Crippen LogP contribution in [0.2, 0.25) is 0 Å². The first-order valence-electron chi connectivity index (χ1n) is 4.24. The molecule has 0 aliphatic rings. The molecule has 0 aromatic carbocycles. The quantitative estimate of drug-likeness (QED) is 0.488. The number of hydrogen-bond acceptors (Lipinski definition) is 7. The minimum absolute atomic E-state index is 0.844. The molecule has 0 spiro atoms. The maximum Gasteiger partial charge on any atom is 0.124 e. The zero-order chi connectivity index (χ0) is 12.4. The zero-order valence-electron chi connectivity index (χ0n) is 8.50. The second-order valence-electron chi connectivity index (χ2n) is 2.31. The number of aliphatic carboxylic acids is 2. The molecule has 0 saturated carbocycles. The van der Waals surface area contributed by atoms with E-state index in [4.69, 9.17) is 14.9 Å². The Morgan fingerprint density at radius 1 is 1.07 bits per heavy atom. The van der Waals surface area contributed by atoms with Crippen LogP contribution in [0, 0.1) is 0 Å². The fraction of sp³-hybridized carbons (Fsp3) is 0.750. The topological polar surface area (TPSA) is 130 Å². The Bertz CT molecular complexity index is 171. The van der Waals surface area contributed by atoms with Crippen molar-refractivity contribution in [2.75, 3.05) is 13.2 Å². The minimum Gasteiger partial charge on any atom is -0.547 e. The van der Waals surface area contributed by atoms with Gasteiger partial charge < -0.3 is 34.8 Å². The van der Waals surface area contributed by atoms with E-state index in [1.807, 2.05) is 13.8 Å². The number of carbonyl (C=O) groups excluding carboxylic acids is 2. The number of carboxylic acid groups (broad SMARTS) is 2. The van der Waals surface area contributed by atoms with Gasteiger partial charge >= 0.3 is 0 Å². The number of carbonyl (C=O) groups is 2. The first-order valence-corrected chi connectivity index (χ1v) is 4.24. The molecule has 2 atom stereocenters. The first kappa shape index (κ1) is 16.3. The highest BCUT2D eigenvalue weighted by Crippen LogP contribution is 1.88. The van der Waals surface area contributed by atoms with Gasteiger partial charge in [0.05, 0.1) is 11.9 Å². The van der Waals surface area contributed by atoms with Crippen LogP contribution in [-0.4, -0.2) is 47.6 Å². The molecule has 0 aliphatic carbocycles. The van der Waals surface area contributed by atoms with Crippen LogP contribution in [-0.2, 0) is 14.3 Å². The van der Waals surface area contributed by atoms with Crippen molar-refractivity contribution in [3.63, 3.8) is 0 Å². The number of aliphatic hydroxyl groups is 2. The lowest BCUT2D eigenvalue weighted by atomic mass is 10.2. The van der Waals surface area contributed by atoms with Gasteiger partial charge in [-0.2, -0.15) is 0 Å². The normalized spacial score (nSPS) is 13.3. The molecule has 7 nitrogen and oxygen atoms in total. The van der Waals surface area contributed by atoms with Gasteiger partial charge in [-0.3, -0.25) is 0 Å². The Morgan fingerprint density at radius 3 is 1.40 bits per heavy atom. The third kappa shape index (κ3) is 9.13. The molecule has 2 unspecified atom stereocenters. The van der Waals surface area contributed by atoms with E-state index in [0.29, 0.717) is 0 Å². The number of ether oxygens (including phenoxy) is 1. The lowest BCUT2D eigenvalue weighted by Gasteiger charge is -2.18. The molecular weight excluding hydrogens is 208 g/mol. The number of rotatable bonds is 5. The Hall–Kier alpha value is -1.18. The second kappa shape index (κ2) is 9.38. The van der Waals surface area contributed by atoms with Gasteiger partial charge in [0, 0.05) is 13.2 Å². The highest BCUT2D eigenvalue weighted by molar-refractivity contribution is 5.80. The van der Waals surface area contributed by atoms with Crippen molar-refractivity contribution >= 4 is 11.9 Å². The van der Waals surface area contributed by atoms with Crippen LogP contribution in [0.5, 0.6) is 0 Å². The van der Waals surface area contributed by atoms with Gasteiger partial charge in [-0.1, -0.05) is 0 Å². The Labute approximate surface area is 86.9 Å². The van der Waals surface area contributed by atoms with Crippen LogP contribution in [0.3, 0.4) is 0 Å². The Kier molecular flexibility index (Phi) is 10.2. The minimum atomic E-state index is -2.44. The summed E-state index contributed by atoms with van der Waals surface area (Å²) in [6.07, 6.45) is -4.88. The molecule has 0 aromatic heterocycles. The predicted octanol–water partition coefficient (Wildman–Crippen LogP) is -3.75. The molecule has 0 heterocycles. The van der Waals surface area contributed by atoms with Gasteiger partial charge in [0.25, 0.3) is 0 Å². The molecule has 0 bridgehead atoms. The number of hydrogen-bond donors (Lipinski definition) is 2. The van der Waals surface area contributed by atoms with Crippen LogP contribution >= 0.6 is 0 Å². The molecule has 0 fully saturated rings. The van der Waals surface area contributed by atoms with Crippen LogP contribution in [0.15, 0.2) is 0 Å². The van der Waals surface area contributed by atoms with Crippen LogP contribution in [0.1, 0.15) is 13.8 Å². The lowest BCUT2D eigenvalue weighted by molar-refractivity contribution is -0.333. The van der Waals surface area contributed by atoms with Crippen molar-refractivity contribution in [1.82, 2.24) is 0 Å². The van der Waals surface area contributed by atoms with Gasteiger partial charge in [0.2, 0.25) is 0 Å². The van der Waals surface area contributed by atoms with E-state index < -0.39 is 24.1 Å². The second-order valence-corrected chi connectivity index (χ2v) is 2.31. The molecule has 0 saturated heterocycles. The number of carboxylic acids is 2. The molecule has 2 N–H and O–H groups in total.